The highest BCUT2D eigenvalue weighted by Gasteiger charge is 2.39. The summed E-state index contributed by atoms with van der Waals surface area (Å²) in [4.78, 5) is 10.4. The fraction of sp³-hybridized carbons (Fsp3) is 0.875. The van der Waals surface area contributed by atoms with E-state index >= 15 is 0 Å². The summed E-state index contributed by atoms with van der Waals surface area (Å²) >= 11 is 0.947. The Bertz CT molecular complexity index is 186. The van der Waals surface area contributed by atoms with Crippen LogP contribution in [0.2, 0.25) is 0 Å². The molecular weight excluding hydrogens is 220 g/mol. The molecule has 0 N–H and O–H groups in total. The number of alkyl halides is 4. The van der Waals surface area contributed by atoms with E-state index in [0.29, 0.717) is 0 Å². The summed E-state index contributed by atoms with van der Waals surface area (Å²) in [5.41, 5.74) is 0. The summed E-state index contributed by atoms with van der Waals surface area (Å²) in [5, 5.41) is -0.141. The molecule has 0 saturated heterocycles. The zero-order valence-corrected chi connectivity index (χ0v) is 8.55. The van der Waals surface area contributed by atoms with Gasteiger partial charge in [-0.1, -0.05) is 11.8 Å². The summed E-state index contributed by atoms with van der Waals surface area (Å²) in [6.45, 7) is -0.637. The zero-order chi connectivity index (χ0) is 11.2. The van der Waals surface area contributed by atoms with Gasteiger partial charge in [-0.05, 0) is 12.8 Å². The van der Waals surface area contributed by atoms with Crippen LogP contribution in [0.25, 0.3) is 0 Å². The molecule has 0 aromatic rings. The first-order valence-corrected chi connectivity index (χ1v) is 5.10. The third-order valence-electron chi connectivity index (χ3n) is 1.54. The third kappa shape index (κ3) is 5.47. The van der Waals surface area contributed by atoms with Gasteiger partial charge in [0.1, 0.15) is 0 Å². The van der Waals surface area contributed by atoms with Gasteiger partial charge in [-0.3, -0.25) is 4.79 Å². The predicted octanol–water partition coefficient (Wildman–Crippen LogP) is 2.99. The minimum absolute atomic E-state index is 0.140. The molecule has 0 saturated carbocycles. The molecule has 1 nitrogen and oxygen atoms in total. The lowest BCUT2D eigenvalue weighted by atomic mass is 10.1. The minimum Gasteiger partial charge on any atom is -0.288 e. The Balaban J connectivity index is 3.63. The standard InChI is InChI=1S/C8H12F4OS/c1-6(13)14-4-2-3-7(10)8(11,12)5-9/h7H,2-5H2,1H3. The van der Waals surface area contributed by atoms with Gasteiger partial charge < -0.3 is 0 Å². The van der Waals surface area contributed by atoms with Crippen LogP contribution in [0.5, 0.6) is 0 Å². The van der Waals surface area contributed by atoms with Crippen LogP contribution >= 0.6 is 11.8 Å². The first kappa shape index (κ1) is 13.7. The predicted molar refractivity (Wildman–Crippen MR) is 48.2 cm³/mol. The molecule has 1 unspecified atom stereocenters. The maximum Gasteiger partial charge on any atom is 0.306 e. The van der Waals surface area contributed by atoms with Crippen molar-refractivity contribution in [3.8, 4) is 0 Å². The van der Waals surface area contributed by atoms with Crippen molar-refractivity contribution < 1.29 is 22.4 Å². The molecule has 84 valence electrons. The summed E-state index contributed by atoms with van der Waals surface area (Å²) in [7, 11) is 0. The minimum atomic E-state index is -3.89. The van der Waals surface area contributed by atoms with Gasteiger partial charge in [0.15, 0.2) is 18.0 Å². The van der Waals surface area contributed by atoms with Crippen molar-refractivity contribution in [2.24, 2.45) is 0 Å². The van der Waals surface area contributed by atoms with Crippen LogP contribution in [-0.2, 0) is 4.79 Å². The van der Waals surface area contributed by atoms with Gasteiger partial charge in [-0.25, -0.2) is 17.6 Å². The van der Waals surface area contributed by atoms with Gasteiger partial charge in [-0.2, -0.15) is 0 Å². The topological polar surface area (TPSA) is 17.1 Å². The SMILES string of the molecule is CC(=O)SCCCC(F)C(F)(F)CF. The molecule has 0 aromatic carbocycles. The molecule has 0 heterocycles. The van der Waals surface area contributed by atoms with Gasteiger partial charge in [0.05, 0.1) is 0 Å². The van der Waals surface area contributed by atoms with Crippen LogP contribution in [0, 0.1) is 0 Å². The molecule has 0 aliphatic heterocycles. The highest BCUT2D eigenvalue weighted by molar-refractivity contribution is 8.13. The van der Waals surface area contributed by atoms with Gasteiger partial charge in [-0.15, -0.1) is 0 Å². The van der Waals surface area contributed by atoms with Gasteiger partial charge >= 0.3 is 5.92 Å². The lowest BCUT2D eigenvalue weighted by molar-refractivity contribution is -0.109. The second-order valence-corrected chi connectivity index (χ2v) is 4.12. The number of hydrogen-bond acceptors (Lipinski definition) is 2. The molecule has 0 aromatic heterocycles. The summed E-state index contributed by atoms with van der Waals surface area (Å²) in [6, 6.07) is 0. The first-order chi connectivity index (χ1) is 6.40. The lowest BCUT2D eigenvalue weighted by Gasteiger charge is -2.16. The Morgan fingerprint density at radius 1 is 1.50 bits per heavy atom. The molecule has 0 spiro atoms. The number of carbonyl (C=O) groups excluding carboxylic acids is 1. The monoisotopic (exact) mass is 232 g/mol. The summed E-state index contributed by atoms with van der Waals surface area (Å²) in [6.07, 6.45) is -2.74. The number of thioether (sulfide) groups is 1. The Morgan fingerprint density at radius 3 is 2.50 bits per heavy atom. The van der Waals surface area contributed by atoms with E-state index in [1.54, 1.807) is 0 Å². The van der Waals surface area contributed by atoms with E-state index in [4.69, 9.17) is 0 Å². The summed E-state index contributed by atoms with van der Waals surface area (Å²) < 4.78 is 48.8. The molecular formula is C8H12F4OS. The highest BCUT2D eigenvalue weighted by Crippen LogP contribution is 2.26. The quantitative estimate of drug-likeness (QED) is 0.517. The molecule has 0 bridgehead atoms. The maximum atomic E-state index is 12.6. The van der Waals surface area contributed by atoms with Crippen LogP contribution in [0.15, 0.2) is 0 Å². The van der Waals surface area contributed by atoms with E-state index in [1.807, 2.05) is 0 Å². The molecule has 0 amide bonds. The second-order valence-electron chi connectivity index (χ2n) is 2.84. The Hall–Kier alpha value is -0.260. The number of halogens is 4. The van der Waals surface area contributed by atoms with Gasteiger partial charge in [0.25, 0.3) is 0 Å². The molecule has 14 heavy (non-hydrogen) atoms. The maximum absolute atomic E-state index is 12.6. The van der Waals surface area contributed by atoms with E-state index in [1.165, 1.54) is 6.92 Å². The van der Waals surface area contributed by atoms with Crippen molar-refractivity contribution in [2.45, 2.75) is 31.9 Å². The molecule has 0 radical (unpaired) electrons. The highest BCUT2D eigenvalue weighted by atomic mass is 32.2. The van der Waals surface area contributed by atoms with Gasteiger partial charge in [0, 0.05) is 12.7 Å². The average molecular weight is 232 g/mol. The molecule has 0 fully saturated rings. The Kier molecular flexibility index (Phi) is 6.15. The van der Waals surface area contributed by atoms with E-state index in [2.05, 4.69) is 0 Å². The van der Waals surface area contributed by atoms with Crippen LogP contribution in [-0.4, -0.2) is 29.6 Å². The van der Waals surface area contributed by atoms with E-state index < -0.39 is 25.2 Å². The van der Waals surface area contributed by atoms with E-state index in [0.717, 1.165) is 11.8 Å². The Labute approximate surface area is 84.2 Å². The normalized spacial score (nSPS) is 14.1. The van der Waals surface area contributed by atoms with Crippen molar-refractivity contribution in [2.75, 3.05) is 12.4 Å². The average Bonchev–Trinajstić information content (AvgIpc) is 2.11. The van der Waals surface area contributed by atoms with Crippen molar-refractivity contribution in [1.29, 1.82) is 0 Å². The van der Waals surface area contributed by atoms with Crippen LogP contribution in [0.4, 0.5) is 17.6 Å². The first-order valence-electron chi connectivity index (χ1n) is 4.11. The van der Waals surface area contributed by atoms with E-state index in [9.17, 15) is 22.4 Å². The Morgan fingerprint density at radius 2 is 2.07 bits per heavy atom. The smallest absolute Gasteiger partial charge is 0.288 e. The van der Waals surface area contributed by atoms with Crippen LogP contribution < -0.4 is 0 Å². The molecule has 0 aliphatic rings. The van der Waals surface area contributed by atoms with Crippen LogP contribution in [0.1, 0.15) is 19.8 Å². The second kappa shape index (κ2) is 6.27. The largest absolute Gasteiger partial charge is 0.306 e. The number of hydrogen-bond donors (Lipinski definition) is 0. The lowest BCUT2D eigenvalue weighted by Crippen LogP contribution is -2.32. The van der Waals surface area contributed by atoms with Crippen molar-refractivity contribution in [3.63, 3.8) is 0 Å². The zero-order valence-electron chi connectivity index (χ0n) is 7.73. The number of carbonyl (C=O) groups is 1. The fourth-order valence-corrected chi connectivity index (χ4v) is 1.37. The van der Waals surface area contributed by atoms with Gasteiger partial charge in [0.2, 0.25) is 0 Å². The molecule has 1 atom stereocenters. The molecule has 0 aliphatic carbocycles. The van der Waals surface area contributed by atoms with Crippen molar-refractivity contribution in [3.05, 3.63) is 0 Å². The van der Waals surface area contributed by atoms with Crippen molar-refractivity contribution >= 4 is 16.9 Å². The summed E-state index contributed by atoms with van der Waals surface area (Å²) in [5.74, 6) is -3.60. The van der Waals surface area contributed by atoms with E-state index in [-0.39, 0.29) is 17.3 Å². The fourth-order valence-electron chi connectivity index (χ4n) is 0.773. The molecule has 0 rings (SSSR count). The van der Waals surface area contributed by atoms with Crippen LogP contribution in [0.3, 0.4) is 0 Å². The molecule has 6 heteroatoms. The van der Waals surface area contributed by atoms with Crippen molar-refractivity contribution in [1.82, 2.24) is 0 Å². The number of rotatable bonds is 6. The third-order valence-corrected chi connectivity index (χ3v) is 2.44.